The molecule has 5 nitrogen and oxygen atoms in total. The summed E-state index contributed by atoms with van der Waals surface area (Å²) in [5, 5.41) is 9.22. The number of hydrogen-bond acceptors (Lipinski definition) is 5. The molecule has 0 aromatic carbocycles. The standard InChI is InChI=1S/C15H21NO4/c1-4-15(2,3)14(18)20-12-11-9(8-16)6-5-7-10(11)19-13(12)17/h9-12H,4-7H2,1-3H3. The number of fused-ring (bicyclic) bond motifs is 1. The molecule has 4 unspecified atom stereocenters. The van der Waals surface area contributed by atoms with E-state index in [0.717, 1.165) is 19.3 Å². The third-order valence-corrected chi connectivity index (χ3v) is 4.58. The highest BCUT2D eigenvalue weighted by Crippen LogP contribution is 2.41. The normalized spacial score (nSPS) is 33.0. The van der Waals surface area contributed by atoms with E-state index in [-0.39, 0.29) is 17.9 Å². The molecule has 0 radical (unpaired) electrons. The fourth-order valence-corrected chi connectivity index (χ4v) is 2.80. The molecule has 1 aliphatic carbocycles. The summed E-state index contributed by atoms with van der Waals surface area (Å²) in [7, 11) is 0. The quantitative estimate of drug-likeness (QED) is 0.740. The summed E-state index contributed by atoms with van der Waals surface area (Å²) in [4.78, 5) is 24.1. The summed E-state index contributed by atoms with van der Waals surface area (Å²) < 4.78 is 10.7. The summed E-state index contributed by atoms with van der Waals surface area (Å²) in [5.41, 5.74) is -0.630. The molecule has 1 saturated carbocycles. The van der Waals surface area contributed by atoms with Crippen molar-refractivity contribution < 1.29 is 19.1 Å². The van der Waals surface area contributed by atoms with Gasteiger partial charge in [-0.3, -0.25) is 4.79 Å². The zero-order chi connectivity index (χ0) is 14.9. The lowest BCUT2D eigenvalue weighted by molar-refractivity contribution is -0.169. The highest BCUT2D eigenvalue weighted by atomic mass is 16.6. The molecular weight excluding hydrogens is 258 g/mol. The van der Waals surface area contributed by atoms with Gasteiger partial charge >= 0.3 is 11.9 Å². The Hall–Kier alpha value is -1.57. The molecule has 20 heavy (non-hydrogen) atoms. The van der Waals surface area contributed by atoms with Crippen LogP contribution in [0.3, 0.4) is 0 Å². The topological polar surface area (TPSA) is 76.4 Å². The predicted molar refractivity (Wildman–Crippen MR) is 70.3 cm³/mol. The molecule has 0 spiro atoms. The Morgan fingerprint density at radius 2 is 2.20 bits per heavy atom. The van der Waals surface area contributed by atoms with E-state index in [9.17, 15) is 14.9 Å². The monoisotopic (exact) mass is 279 g/mol. The summed E-state index contributed by atoms with van der Waals surface area (Å²) in [5.74, 6) is -1.48. The van der Waals surface area contributed by atoms with Crippen LogP contribution in [0.4, 0.5) is 0 Å². The first kappa shape index (κ1) is 14.8. The van der Waals surface area contributed by atoms with Crippen LogP contribution in [-0.4, -0.2) is 24.1 Å². The SMILES string of the molecule is CCC(C)(C)C(=O)OC1C(=O)OC2CCCC(C#N)C21. The van der Waals surface area contributed by atoms with Crippen molar-refractivity contribution in [3.63, 3.8) is 0 Å². The van der Waals surface area contributed by atoms with E-state index >= 15 is 0 Å². The fourth-order valence-electron chi connectivity index (χ4n) is 2.80. The lowest BCUT2D eigenvalue weighted by Gasteiger charge is -2.30. The second kappa shape index (κ2) is 5.43. The molecule has 110 valence electrons. The highest BCUT2D eigenvalue weighted by molar-refractivity contribution is 5.83. The summed E-state index contributed by atoms with van der Waals surface area (Å²) in [6.45, 7) is 5.47. The summed E-state index contributed by atoms with van der Waals surface area (Å²) >= 11 is 0. The Morgan fingerprint density at radius 1 is 1.50 bits per heavy atom. The van der Waals surface area contributed by atoms with E-state index < -0.39 is 23.5 Å². The number of ether oxygens (including phenoxy) is 2. The smallest absolute Gasteiger partial charge is 0.348 e. The number of esters is 2. The number of hydrogen-bond donors (Lipinski definition) is 0. The molecule has 5 heteroatoms. The molecule has 4 atom stereocenters. The van der Waals surface area contributed by atoms with E-state index in [0.29, 0.717) is 6.42 Å². The highest BCUT2D eigenvalue weighted by Gasteiger charge is 2.53. The Labute approximate surface area is 119 Å². The minimum absolute atomic E-state index is 0.275. The first-order chi connectivity index (χ1) is 9.40. The largest absolute Gasteiger partial charge is 0.459 e. The van der Waals surface area contributed by atoms with Gasteiger partial charge in [-0.25, -0.2) is 4.79 Å². The van der Waals surface area contributed by atoms with Crippen molar-refractivity contribution in [2.24, 2.45) is 17.3 Å². The number of carbonyl (C=O) groups is 2. The third-order valence-electron chi connectivity index (χ3n) is 4.58. The molecule has 1 heterocycles. The maximum Gasteiger partial charge on any atom is 0.348 e. The molecule has 0 aromatic rings. The van der Waals surface area contributed by atoms with E-state index in [1.54, 1.807) is 13.8 Å². The number of carbonyl (C=O) groups excluding carboxylic acids is 2. The van der Waals surface area contributed by atoms with Crippen molar-refractivity contribution in [2.45, 2.75) is 58.7 Å². The molecule has 2 aliphatic rings. The van der Waals surface area contributed by atoms with Gasteiger partial charge in [0.25, 0.3) is 0 Å². The van der Waals surface area contributed by atoms with E-state index in [1.165, 1.54) is 0 Å². The van der Waals surface area contributed by atoms with E-state index in [4.69, 9.17) is 9.47 Å². The number of nitriles is 1. The van der Waals surface area contributed by atoms with Crippen LogP contribution in [-0.2, 0) is 19.1 Å². The van der Waals surface area contributed by atoms with Gasteiger partial charge in [-0.2, -0.15) is 5.26 Å². The lowest BCUT2D eigenvalue weighted by Crippen LogP contribution is -2.40. The summed E-state index contributed by atoms with van der Waals surface area (Å²) in [6, 6.07) is 2.23. The fraction of sp³-hybridized carbons (Fsp3) is 0.800. The maximum atomic E-state index is 12.2. The van der Waals surface area contributed by atoms with Crippen molar-refractivity contribution in [1.82, 2.24) is 0 Å². The van der Waals surface area contributed by atoms with Crippen LogP contribution in [0.1, 0.15) is 46.5 Å². The van der Waals surface area contributed by atoms with Crippen molar-refractivity contribution >= 4 is 11.9 Å². The Bertz CT molecular complexity index is 451. The second-order valence-electron chi connectivity index (χ2n) is 6.28. The van der Waals surface area contributed by atoms with E-state index in [2.05, 4.69) is 6.07 Å². The maximum absolute atomic E-state index is 12.2. The van der Waals surface area contributed by atoms with Gasteiger partial charge in [0.05, 0.1) is 23.3 Å². The molecule has 0 amide bonds. The lowest BCUT2D eigenvalue weighted by atomic mass is 9.76. The van der Waals surface area contributed by atoms with Crippen LogP contribution in [0.5, 0.6) is 0 Å². The first-order valence-corrected chi connectivity index (χ1v) is 7.22. The molecular formula is C15H21NO4. The molecule has 2 rings (SSSR count). The van der Waals surface area contributed by atoms with Crippen molar-refractivity contribution in [3.05, 3.63) is 0 Å². The zero-order valence-electron chi connectivity index (χ0n) is 12.2. The van der Waals surface area contributed by atoms with Crippen molar-refractivity contribution in [1.29, 1.82) is 5.26 Å². The minimum Gasteiger partial charge on any atom is -0.459 e. The van der Waals surface area contributed by atoms with Crippen LogP contribution >= 0.6 is 0 Å². The predicted octanol–water partition coefficient (Wildman–Crippen LogP) is 2.20. The van der Waals surface area contributed by atoms with Gasteiger partial charge in [-0.15, -0.1) is 0 Å². The first-order valence-electron chi connectivity index (χ1n) is 7.22. The summed E-state index contributed by atoms with van der Waals surface area (Å²) in [6.07, 6.45) is 1.79. The molecule has 1 aliphatic heterocycles. The molecule has 2 fully saturated rings. The Morgan fingerprint density at radius 3 is 2.80 bits per heavy atom. The van der Waals surface area contributed by atoms with Crippen molar-refractivity contribution in [2.75, 3.05) is 0 Å². The van der Waals surface area contributed by atoms with Crippen LogP contribution in [0.25, 0.3) is 0 Å². The van der Waals surface area contributed by atoms with Crippen LogP contribution in [0.15, 0.2) is 0 Å². The van der Waals surface area contributed by atoms with Crippen LogP contribution in [0.2, 0.25) is 0 Å². The molecule has 0 N–H and O–H groups in total. The average molecular weight is 279 g/mol. The van der Waals surface area contributed by atoms with Gasteiger partial charge < -0.3 is 9.47 Å². The Kier molecular flexibility index (Phi) is 4.03. The van der Waals surface area contributed by atoms with Crippen LogP contribution in [0, 0.1) is 28.6 Å². The van der Waals surface area contributed by atoms with Gasteiger partial charge in [0.15, 0.2) is 0 Å². The number of rotatable bonds is 3. The zero-order valence-corrected chi connectivity index (χ0v) is 12.2. The van der Waals surface area contributed by atoms with Gasteiger partial charge in [0.2, 0.25) is 6.10 Å². The third kappa shape index (κ3) is 2.52. The van der Waals surface area contributed by atoms with Crippen molar-refractivity contribution in [3.8, 4) is 6.07 Å². The van der Waals surface area contributed by atoms with Crippen LogP contribution < -0.4 is 0 Å². The molecule has 1 saturated heterocycles. The van der Waals surface area contributed by atoms with Gasteiger partial charge in [0, 0.05) is 0 Å². The van der Waals surface area contributed by atoms with E-state index in [1.807, 2.05) is 6.92 Å². The van der Waals surface area contributed by atoms with Gasteiger partial charge in [-0.05, 0) is 39.5 Å². The number of nitrogens with zero attached hydrogens (tertiary/aromatic N) is 1. The van der Waals surface area contributed by atoms with Gasteiger partial charge in [0.1, 0.15) is 6.10 Å². The second-order valence-corrected chi connectivity index (χ2v) is 6.28. The molecule has 0 aromatic heterocycles. The molecule has 0 bridgehead atoms. The average Bonchev–Trinajstić information content (AvgIpc) is 2.74. The minimum atomic E-state index is -0.914. The Balaban J connectivity index is 2.16. The van der Waals surface area contributed by atoms with Gasteiger partial charge in [-0.1, -0.05) is 6.92 Å².